The SMILES string of the molecule is O=C(COc1ccc2c(c1)C(=O)CC2)c1ccc(Cl)cc1. The van der Waals surface area contributed by atoms with Crippen LogP contribution in [0.5, 0.6) is 5.75 Å². The second-order valence-electron chi connectivity index (χ2n) is 4.96. The number of hydrogen-bond acceptors (Lipinski definition) is 3. The molecule has 0 atom stereocenters. The highest BCUT2D eigenvalue weighted by Crippen LogP contribution is 2.26. The summed E-state index contributed by atoms with van der Waals surface area (Å²) < 4.78 is 5.49. The van der Waals surface area contributed by atoms with Gasteiger partial charge in [-0.3, -0.25) is 9.59 Å². The maximum Gasteiger partial charge on any atom is 0.200 e. The molecule has 0 N–H and O–H groups in total. The number of fused-ring (bicyclic) bond motifs is 1. The van der Waals surface area contributed by atoms with Gasteiger partial charge in [0, 0.05) is 22.6 Å². The predicted molar refractivity (Wildman–Crippen MR) is 80.4 cm³/mol. The van der Waals surface area contributed by atoms with Crippen molar-refractivity contribution in [3.05, 3.63) is 64.2 Å². The zero-order chi connectivity index (χ0) is 14.8. The van der Waals surface area contributed by atoms with Crippen LogP contribution < -0.4 is 4.74 Å². The number of rotatable bonds is 4. The summed E-state index contributed by atoms with van der Waals surface area (Å²) in [6, 6.07) is 12.1. The number of carbonyl (C=O) groups excluding carboxylic acids is 2. The van der Waals surface area contributed by atoms with Crippen LogP contribution in [0.25, 0.3) is 0 Å². The molecule has 0 fully saturated rings. The highest BCUT2D eigenvalue weighted by Gasteiger charge is 2.19. The van der Waals surface area contributed by atoms with Gasteiger partial charge in [0.2, 0.25) is 0 Å². The number of Topliss-reactive ketones (excluding diaryl/α,β-unsaturated/α-hetero) is 2. The standard InChI is InChI=1S/C17H13ClO3/c18-13-5-1-12(2-6-13)17(20)10-21-14-7-3-11-4-8-16(19)15(11)9-14/h1-3,5-7,9H,4,8,10H2. The molecule has 0 saturated carbocycles. The molecule has 0 heterocycles. The van der Waals surface area contributed by atoms with Crippen molar-refractivity contribution in [2.75, 3.05) is 6.61 Å². The van der Waals surface area contributed by atoms with Gasteiger partial charge < -0.3 is 4.74 Å². The number of carbonyl (C=O) groups is 2. The van der Waals surface area contributed by atoms with Crippen molar-refractivity contribution < 1.29 is 14.3 Å². The van der Waals surface area contributed by atoms with Gasteiger partial charge in [0.25, 0.3) is 0 Å². The zero-order valence-corrected chi connectivity index (χ0v) is 12.0. The number of benzene rings is 2. The number of ketones is 2. The van der Waals surface area contributed by atoms with Crippen molar-refractivity contribution in [3.63, 3.8) is 0 Å². The van der Waals surface area contributed by atoms with E-state index in [0.29, 0.717) is 28.3 Å². The van der Waals surface area contributed by atoms with E-state index in [4.69, 9.17) is 16.3 Å². The highest BCUT2D eigenvalue weighted by molar-refractivity contribution is 6.30. The summed E-state index contributed by atoms with van der Waals surface area (Å²) in [5, 5.41) is 0.588. The molecule has 0 radical (unpaired) electrons. The van der Waals surface area contributed by atoms with Crippen LogP contribution in [0.3, 0.4) is 0 Å². The average molecular weight is 301 g/mol. The summed E-state index contributed by atoms with van der Waals surface area (Å²) in [7, 11) is 0. The van der Waals surface area contributed by atoms with Gasteiger partial charge in [0.15, 0.2) is 18.2 Å². The van der Waals surface area contributed by atoms with Gasteiger partial charge in [0.05, 0.1) is 0 Å². The van der Waals surface area contributed by atoms with Crippen LogP contribution in [0, 0.1) is 0 Å². The monoisotopic (exact) mass is 300 g/mol. The molecule has 21 heavy (non-hydrogen) atoms. The van der Waals surface area contributed by atoms with E-state index in [-0.39, 0.29) is 18.2 Å². The van der Waals surface area contributed by atoms with Crippen molar-refractivity contribution in [1.82, 2.24) is 0 Å². The Morgan fingerprint density at radius 1 is 1.10 bits per heavy atom. The first-order valence-corrected chi connectivity index (χ1v) is 7.09. The Labute approximate surface area is 127 Å². The molecule has 1 aliphatic rings. The number of aryl methyl sites for hydroxylation is 1. The molecule has 3 nitrogen and oxygen atoms in total. The van der Waals surface area contributed by atoms with Gasteiger partial charge in [-0.05, 0) is 48.4 Å². The second kappa shape index (κ2) is 5.70. The van der Waals surface area contributed by atoms with Crippen molar-refractivity contribution in [3.8, 4) is 5.75 Å². The molecular weight excluding hydrogens is 288 g/mol. The summed E-state index contributed by atoms with van der Waals surface area (Å²) in [4.78, 5) is 23.7. The minimum absolute atomic E-state index is 0.0609. The molecule has 0 amide bonds. The summed E-state index contributed by atoms with van der Waals surface area (Å²) in [6.45, 7) is -0.0609. The van der Waals surface area contributed by atoms with E-state index in [1.54, 1.807) is 36.4 Å². The fourth-order valence-electron chi connectivity index (χ4n) is 2.37. The van der Waals surface area contributed by atoms with Crippen molar-refractivity contribution in [1.29, 1.82) is 0 Å². The molecule has 2 aromatic carbocycles. The smallest absolute Gasteiger partial charge is 0.200 e. The largest absolute Gasteiger partial charge is 0.485 e. The van der Waals surface area contributed by atoms with Crippen molar-refractivity contribution in [2.24, 2.45) is 0 Å². The lowest BCUT2D eigenvalue weighted by molar-refractivity contribution is 0.0921. The minimum Gasteiger partial charge on any atom is -0.485 e. The third-order valence-electron chi connectivity index (χ3n) is 3.54. The van der Waals surface area contributed by atoms with E-state index in [2.05, 4.69) is 0 Å². The maximum absolute atomic E-state index is 12.0. The van der Waals surface area contributed by atoms with Crippen LogP contribution in [0.15, 0.2) is 42.5 Å². The predicted octanol–water partition coefficient (Wildman–Crippen LogP) is 3.73. The number of halogens is 1. The average Bonchev–Trinajstić information content (AvgIpc) is 2.87. The lowest BCUT2D eigenvalue weighted by Crippen LogP contribution is -2.11. The first-order chi connectivity index (χ1) is 10.1. The van der Waals surface area contributed by atoms with E-state index in [1.165, 1.54) is 0 Å². The quantitative estimate of drug-likeness (QED) is 0.808. The van der Waals surface area contributed by atoms with E-state index in [9.17, 15) is 9.59 Å². The van der Waals surface area contributed by atoms with Gasteiger partial charge in [0.1, 0.15) is 5.75 Å². The van der Waals surface area contributed by atoms with Crippen LogP contribution in [-0.4, -0.2) is 18.2 Å². The summed E-state index contributed by atoms with van der Waals surface area (Å²) in [6.07, 6.45) is 1.35. The fourth-order valence-corrected chi connectivity index (χ4v) is 2.50. The van der Waals surface area contributed by atoms with Gasteiger partial charge >= 0.3 is 0 Å². The van der Waals surface area contributed by atoms with Crippen LogP contribution in [0.4, 0.5) is 0 Å². The molecular formula is C17H13ClO3. The summed E-state index contributed by atoms with van der Waals surface area (Å²) in [5.41, 5.74) is 2.32. The van der Waals surface area contributed by atoms with Gasteiger partial charge in [-0.15, -0.1) is 0 Å². The molecule has 3 rings (SSSR count). The third kappa shape index (κ3) is 2.98. The molecule has 0 bridgehead atoms. The van der Waals surface area contributed by atoms with Crippen LogP contribution in [-0.2, 0) is 6.42 Å². The van der Waals surface area contributed by atoms with Crippen molar-refractivity contribution in [2.45, 2.75) is 12.8 Å². The summed E-state index contributed by atoms with van der Waals surface area (Å²) >= 11 is 5.78. The Morgan fingerprint density at radius 3 is 2.62 bits per heavy atom. The number of hydrogen-bond donors (Lipinski definition) is 0. The fraction of sp³-hybridized carbons (Fsp3) is 0.176. The number of ether oxygens (including phenoxy) is 1. The molecule has 0 spiro atoms. The normalized spacial score (nSPS) is 13.1. The Balaban J connectivity index is 1.68. The second-order valence-corrected chi connectivity index (χ2v) is 5.40. The van der Waals surface area contributed by atoms with Gasteiger partial charge in [-0.25, -0.2) is 0 Å². The first kappa shape index (κ1) is 13.8. The van der Waals surface area contributed by atoms with E-state index < -0.39 is 0 Å². The Morgan fingerprint density at radius 2 is 1.86 bits per heavy atom. The Kier molecular flexibility index (Phi) is 3.76. The first-order valence-electron chi connectivity index (χ1n) is 6.71. The molecule has 2 aromatic rings. The topological polar surface area (TPSA) is 43.4 Å². The van der Waals surface area contributed by atoms with Crippen LogP contribution in [0.1, 0.15) is 32.7 Å². The van der Waals surface area contributed by atoms with Crippen LogP contribution >= 0.6 is 11.6 Å². The Hall–Kier alpha value is -2.13. The Bertz CT molecular complexity index is 704. The zero-order valence-electron chi connectivity index (χ0n) is 11.3. The van der Waals surface area contributed by atoms with E-state index in [1.807, 2.05) is 6.07 Å². The minimum atomic E-state index is -0.126. The lowest BCUT2D eigenvalue weighted by atomic mass is 10.1. The third-order valence-corrected chi connectivity index (χ3v) is 3.79. The molecule has 0 aromatic heterocycles. The molecule has 0 saturated heterocycles. The molecule has 106 valence electrons. The highest BCUT2D eigenvalue weighted by atomic mass is 35.5. The molecule has 0 unspecified atom stereocenters. The van der Waals surface area contributed by atoms with Gasteiger partial charge in [-0.2, -0.15) is 0 Å². The van der Waals surface area contributed by atoms with E-state index >= 15 is 0 Å². The van der Waals surface area contributed by atoms with Gasteiger partial charge in [-0.1, -0.05) is 17.7 Å². The molecule has 1 aliphatic carbocycles. The molecule has 0 aliphatic heterocycles. The van der Waals surface area contributed by atoms with Crippen molar-refractivity contribution >= 4 is 23.2 Å². The molecule has 4 heteroatoms. The summed E-state index contributed by atoms with van der Waals surface area (Å²) in [5.74, 6) is 0.560. The van der Waals surface area contributed by atoms with E-state index in [0.717, 1.165) is 12.0 Å². The maximum atomic E-state index is 12.0. The lowest BCUT2D eigenvalue weighted by Gasteiger charge is -2.07. The van der Waals surface area contributed by atoms with Crippen LogP contribution in [0.2, 0.25) is 5.02 Å².